The fourth-order valence-electron chi connectivity index (χ4n) is 4.28. The Morgan fingerprint density at radius 2 is 1.48 bits per heavy atom. The summed E-state index contributed by atoms with van der Waals surface area (Å²) in [5, 5.41) is 0. The van der Waals surface area contributed by atoms with Crippen molar-refractivity contribution in [2.75, 3.05) is 57.3 Å². The first kappa shape index (κ1) is 21.3. The number of rotatable bonds is 4. The Morgan fingerprint density at radius 1 is 0.839 bits per heavy atom. The Labute approximate surface area is 182 Å². The van der Waals surface area contributed by atoms with Crippen molar-refractivity contribution >= 4 is 17.5 Å². The van der Waals surface area contributed by atoms with Crippen LogP contribution in [0.4, 0.5) is 10.1 Å². The van der Waals surface area contributed by atoms with E-state index in [9.17, 15) is 14.0 Å². The van der Waals surface area contributed by atoms with Crippen molar-refractivity contribution in [3.05, 3.63) is 65.5 Å². The van der Waals surface area contributed by atoms with E-state index in [4.69, 9.17) is 0 Å². The second-order valence-corrected chi connectivity index (χ2v) is 8.24. The number of benzene rings is 2. The minimum atomic E-state index is -0.211. The van der Waals surface area contributed by atoms with Gasteiger partial charge in [0.15, 0.2) is 0 Å². The minimum Gasteiger partial charge on any atom is -0.369 e. The largest absolute Gasteiger partial charge is 0.369 e. The molecule has 31 heavy (non-hydrogen) atoms. The highest BCUT2D eigenvalue weighted by Crippen LogP contribution is 2.19. The fraction of sp³-hybridized carbons (Fsp3) is 0.417. The molecule has 0 aromatic heterocycles. The van der Waals surface area contributed by atoms with Gasteiger partial charge in [-0.1, -0.05) is 12.1 Å². The van der Waals surface area contributed by atoms with Gasteiger partial charge in [0.2, 0.25) is 5.91 Å². The minimum absolute atomic E-state index is 0.0335. The van der Waals surface area contributed by atoms with Gasteiger partial charge in [-0.2, -0.15) is 0 Å². The average molecular weight is 425 g/mol. The standard InChI is InChI=1S/C24H29FN4O2/c1-19(30)27-13-15-29(16-14-27)24(31)21-4-2-3-20(17-21)18-26-9-11-28(12-10-26)23-7-5-22(25)6-8-23/h2-8,17H,9-16,18H2,1H3. The second kappa shape index (κ2) is 9.47. The Morgan fingerprint density at radius 3 is 2.13 bits per heavy atom. The first-order valence-electron chi connectivity index (χ1n) is 10.9. The van der Waals surface area contributed by atoms with E-state index in [-0.39, 0.29) is 17.6 Å². The van der Waals surface area contributed by atoms with Crippen molar-refractivity contribution in [3.63, 3.8) is 0 Å². The van der Waals surface area contributed by atoms with Crippen LogP contribution in [0.1, 0.15) is 22.8 Å². The summed E-state index contributed by atoms with van der Waals surface area (Å²) in [7, 11) is 0. The Bertz CT molecular complexity index is 917. The number of piperazine rings is 2. The SMILES string of the molecule is CC(=O)N1CCN(C(=O)c2cccc(CN3CCN(c4ccc(F)cc4)CC3)c2)CC1. The number of carbonyl (C=O) groups is 2. The van der Waals surface area contributed by atoms with Crippen LogP contribution in [0.2, 0.25) is 0 Å². The molecule has 4 rings (SSSR count). The van der Waals surface area contributed by atoms with Crippen LogP contribution in [0.15, 0.2) is 48.5 Å². The van der Waals surface area contributed by atoms with Gasteiger partial charge in [-0.3, -0.25) is 14.5 Å². The zero-order valence-electron chi connectivity index (χ0n) is 18.0. The van der Waals surface area contributed by atoms with Crippen molar-refractivity contribution in [1.29, 1.82) is 0 Å². The number of carbonyl (C=O) groups excluding carboxylic acids is 2. The summed E-state index contributed by atoms with van der Waals surface area (Å²) in [6.07, 6.45) is 0. The molecule has 0 spiro atoms. The molecule has 2 heterocycles. The number of hydrogen-bond donors (Lipinski definition) is 0. The van der Waals surface area contributed by atoms with E-state index >= 15 is 0 Å². The van der Waals surface area contributed by atoms with Crippen molar-refractivity contribution < 1.29 is 14.0 Å². The molecule has 2 aromatic rings. The van der Waals surface area contributed by atoms with E-state index < -0.39 is 0 Å². The smallest absolute Gasteiger partial charge is 0.253 e. The lowest BCUT2D eigenvalue weighted by molar-refractivity contribution is -0.130. The van der Waals surface area contributed by atoms with Crippen LogP contribution in [0.25, 0.3) is 0 Å². The van der Waals surface area contributed by atoms with Crippen LogP contribution in [-0.4, -0.2) is 78.9 Å². The average Bonchev–Trinajstić information content (AvgIpc) is 2.80. The maximum absolute atomic E-state index is 13.1. The monoisotopic (exact) mass is 424 g/mol. The highest BCUT2D eigenvalue weighted by Gasteiger charge is 2.24. The van der Waals surface area contributed by atoms with Crippen molar-refractivity contribution in [2.45, 2.75) is 13.5 Å². The molecule has 2 aliphatic heterocycles. The number of halogens is 1. The van der Waals surface area contributed by atoms with Crippen LogP contribution in [0.3, 0.4) is 0 Å². The fourth-order valence-corrected chi connectivity index (χ4v) is 4.28. The highest BCUT2D eigenvalue weighted by molar-refractivity contribution is 5.94. The van der Waals surface area contributed by atoms with Gasteiger partial charge in [-0.25, -0.2) is 4.39 Å². The summed E-state index contributed by atoms with van der Waals surface area (Å²) in [6, 6.07) is 14.5. The molecule has 0 radical (unpaired) electrons. The Kier molecular flexibility index (Phi) is 6.51. The van der Waals surface area contributed by atoms with E-state index in [1.807, 2.05) is 35.2 Å². The molecule has 0 unspecified atom stereocenters. The zero-order valence-corrected chi connectivity index (χ0v) is 18.0. The van der Waals surface area contributed by atoms with Crippen LogP contribution >= 0.6 is 0 Å². The van der Waals surface area contributed by atoms with Gasteiger partial charge in [-0.05, 0) is 42.0 Å². The summed E-state index contributed by atoms with van der Waals surface area (Å²) in [5.41, 5.74) is 2.89. The van der Waals surface area contributed by atoms with E-state index in [0.29, 0.717) is 31.7 Å². The predicted molar refractivity (Wildman–Crippen MR) is 118 cm³/mol. The van der Waals surface area contributed by atoms with Crippen LogP contribution in [-0.2, 0) is 11.3 Å². The Balaban J connectivity index is 1.31. The topological polar surface area (TPSA) is 47.1 Å². The molecule has 164 valence electrons. The van der Waals surface area contributed by atoms with Crippen molar-refractivity contribution in [1.82, 2.24) is 14.7 Å². The molecule has 0 aliphatic carbocycles. The van der Waals surface area contributed by atoms with E-state index in [2.05, 4.69) is 15.9 Å². The first-order chi connectivity index (χ1) is 15.0. The summed E-state index contributed by atoms with van der Waals surface area (Å²) in [6.45, 7) is 8.34. The molecule has 2 amide bonds. The van der Waals surface area contributed by atoms with Crippen LogP contribution in [0.5, 0.6) is 0 Å². The highest BCUT2D eigenvalue weighted by atomic mass is 19.1. The van der Waals surface area contributed by atoms with Crippen LogP contribution in [0, 0.1) is 5.82 Å². The van der Waals surface area contributed by atoms with Gasteiger partial charge >= 0.3 is 0 Å². The zero-order chi connectivity index (χ0) is 21.8. The third kappa shape index (κ3) is 5.22. The van der Waals surface area contributed by atoms with Crippen LogP contribution < -0.4 is 4.90 Å². The quantitative estimate of drug-likeness (QED) is 0.757. The maximum atomic E-state index is 13.1. The van der Waals surface area contributed by atoms with E-state index in [1.54, 1.807) is 11.8 Å². The van der Waals surface area contributed by atoms with Crippen molar-refractivity contribution in [2.24, 2.45) is 0 Å². The number of nitrogens with zero attached hydrogens (tertiary/aromatic N) is 4. The van der Waals surface area contributed by atoms with Gasteiger partial charge in [0.25, 0.3) is 5.91 Å². The molecule has 2 aromatic carbocycles. The van der Waals surface area contributed by atoms with Gasteiger partial charge in [0, 0.05) is 77.1 Å². The third-order valence-electron chi connectivity index (χ3n) is 6.16. The molecule has 2 fully saturated rings. The lowest BCUT2D eigenvalue weighted by atomic mass is 10.1. The number of amides is 2. The molecular weight excluding hydrogens is 395 g/mol. The van der Waals surface area contributed by atoms with Gasteiger partial charge in [-0.15, -0.1) is 0 Å². The normalized spacial score (nSPS) is 17.7. The summed E-state index contributed by atoms with van der Waals surface area (Å²) >= 11 is 0. The first-order valence-corrected chi connectivity index (χ1v) is 10.9. The molecule has 7 heteroatoms. The molecule has 0 atom stereocenters. The molecule has 0 saturated carbocycles. The lowest BCUT2D eigenvalue weighted by Gasteiger charge is -2.36. The summed E-state index contributed by atoms with van der Waals surface area (Å²) in [5.74, 6) is -0.114. The van der Waals surface area contributed by atoms with Gasteiger partial charge < -0.3 is 14.7 Å². The molecule has 2 saturated heterocycles. The molecule has 6 nitrogen and oxygen atoms in total. The summed E-state index contributed by atoms with van der Waals surface area (Å²) < 4.78 is 13.1. The molecule has 0 N–H and O–H groups in total. The second-order valence-electron chi connectivity index (χ2n) is 8.24. The predicted octanol–water partition coefficient (Wildman–Crippen LogP) is 2.45. The van der Waals surface area contributed by atoms with E-state index in [0.717, 1.165) is 44.0 Å². The maximum Gasteiger partial charge on any atom is 0.253 e. The summed E-state index contributed by atoms with van der Waals surface area (Å²) in [4.78, 5) is 32.7. The Hall–Kier alpha value is -2.93. The van der Waals surface area contributed by atoms with E-state index in [1.165, 1.54) is 12.1 Å². The number of hydrogen-bond acceptors (Lipinski definition) is 4. The molecule has 0 bridgehead atoms. The van der Waals surface area contributed by atoms with Gasteiger partial charge in [0.05, 0.1) is 0 Å². The van der Waals surface area contributed by atoms with Crippen molar-refractivity contribution in [3.8, 4) is 0 Å². The molecular formula is C24H29FN4O2. The lowest BCUT2D eigenvalue weighted by Crippen LogP contribution is -2.50. The molecule has 2 aliphatic rings. The third-order valence-corrected chi connectivity index (χ3v) is 6.16. The van der Waals surface area contributed by atoms with Gasteiger partial charge in [0.1, 0.15) is 5.82 Å². The number of anilines is 1.